The van der Waals surface area contributed by atoms with E-state index in [4.69, 9.17) is 23.2 Å². The maximum Gasteiger partial charge on any atom is 0.319 e. The van der Waals surface area contributed by atoms with Gasteiger partial charge < -0.3 is 10.6 Å². The van der Waals surface area contributed by atoms with Crippen LogP contribution in [0.5, 0.6) is 0 Å². The van der Waals surface area contributed by atoms with E-state index in [1.165, 1.54) is 5.56 Å². The number of carbonyl (C=O) groups excluding carboxylic acids is 1. The number of amides is 2. The number of hydrogen-bond donors (Lipinski definition) is 2. The topological polar surface area (TPSA) is 41.1 Å². The fourth-order valence-corrected chi connectivity index (χ4v) is 2.43. The lowest BCUT2D eigenvalue weighted by atomic mass is 10.1. The number of aryl methyl sites for hydroxylation is 1. The fraction of sp³-hybridized carbons (Fsp3) is 0.235. The molecule has 2 aromatic carbocycles. The molecule has 0 radical (unpaired) electrons. The molecule has 2 aromatic rings. The summed E-state index contributed by atoms with van der Waals surface area (Å²) < 4.78 is 0. The molecule has 2 rings (SSSR count). The van der Waals surface area contributed by atoms with Crippen LogP contribution >= 0.6 is 23.2 Å². The summed E-state index contributed by atoms with van der Waals surface area (Å²) in [5.74, 6) is 0. The fourth-order valence-electron chi connectivity index (χ4n) is 2.08. The van der Waals surface area contributed by atoms with E-state index in [0.29, 0.717) is 15.7 Å². The Labute approximate surface area is 140 Å². The summed E-state index contributed by atoms with van der Waals surface area (Å²) >= 11 is 12.0. The van der Waals surface area contributed by atoms with Crippen LogP contribution in [0, 0.1) is 0 Å². The molecule has 2 amide bonds. The number of nitrogens with one attached hydrogen (secondary N) is 2. The van der Waals surface area contributed by atoms with Gasteiger partial charge in [-0.3, -0.25) is 0 Å². The Bertz CT molecular complexity index is 656. The van der Waals surface area contributed by atoms with Gasteiger partial charge in [0.2, 0.25) is 0 Å². The van der Waals surface area contributed by atoms with E-state index in [1.54, 1.807) is 18.2 Å². The first-order valence-electron chi connectivity index (χ1n) is 7.11. The Morgan fingerprint density at radius 2 is 1.82 bits per heavy atom. The maximum atomic E-state index is 12.1. The molecule has 0 aliphatic heterocycles. The lowest BCUT2D eigenvalue weighted by Gasteiger charge is -2.16. The number of urea groups is 1. The molecule has 2 N–H and O–H groups in total. The van der Waals surface area contributed by atoms with Crippen molar-refractivity contribution in [1.82, 2.24) is 5.32 Å². The second kappa shape index (κ2) is 7.52. The van der Waals surface area contributed by atoms with Crippen LogP contribution in [-0.4, -0.2) is 6.03 Å². The normalized spacial score (nSPS) is 11.8. The van der Waals surface area contributed by atoms with Crippen LogP contribution in [0.2, 0.25) is 10.0 Å². The van der Waals surface area contributed by atoms with Gasteiger partial charge in [-0.2, -0.15) is 0 Å². The molecule has 0 saturated heterocycles. The number of benzene rings is 2. The lowest BCUT2D eigenvalue weighted by Crippen LogP contribution is -2.31. The molecule has 0 aromatic heterocycles. The Hall–Kier alpha value is -1.71. The zero-order valence-electron chi connectivity index (χ0n) is 12.5. The molecular formula is C17H18Cl2N2O. The van der Waals surface area contributed by atoms with Crippen molar-refractivity contribution in [3.63, 3.8) is 0 Å². The largest absolute Gasteiger partial charge is 0.331 e. The summed E-state index contributed by atoms with van der Waals surface area (Å²) in [6, 6.07) is 12.9. The van der Waals surface area contributed by atoms with E-state index in [-0.39, 0.29) is 12.1 Å². The number of carbonyl (C=O) groups is 1. The maximum absolute atomic E-state index is 12.1. The summed E-state index contributed by atoms with van der Waals surface area (Å²) in [6.45, 7) is 4.04. The number of halogens is 2. The predicted molar refractivity (Wildman–Crippen MR) is 92.9 cm³/mol. The lowest BCUT2D eigenvalue weighted by molar-refractivity contribution is 0.249. The molecule has 0 heterocycles. The monoisotopic (exact) mass is 336 g/mol. The first-order chi connectivity index (χ1) is 10.5. The zero-order chi connectivity index (χ0) is 16.1. The quantitative estimate of drug-likeness (QED) is 0.766. The summed E-state index contributed by atoms with van der Waals surface area (Å²) in [5, 5.41) is 6.32. The van der Waals surface area contributed by atoms with Gasteiger partial charge in [0.1, 0.15) is 0 Å². The minimum absolute atomic E-state index is 0.108. The van der Waals surface area contributed by atoms with Crippen molar-refractivity contribution in [3.8, 4) is 0 Å². The molecule has 5 heteroatoms. The Morgan fingerprint density at radius 3 is 2.45 bits per heavy atom. The number of rotatable bonds is 4. The highest BCUT2D eigenvalue weighted by atomic mass is 35.5. The first kappa shape index (κ1) is 16.7. The van der Waals surface area contributed by atoms with Crippen LogP contribution in [0.3, 0.4) is 0 Å². The van der Waals surface area contributed by atoms with Gasteiger partial charge >= 0.3 is 6.03 Å². The van der Waals surface area contributed by atoms with Crippen LogP contribution in [0.25, 0.3) is 0 Å². The molecule has 0 spiro atoms. The van der Waals surface area contributed by atoms with Gasteiger partial charge in [0.15, 0.2) is 0 Å². The molecule has 0 aliphatic carbocycles. The molecule has 0 bridgehead atoms. The Morgan fingerprint density at radius 1 is 1.14 bits per heavy atom. The molecule has 3 nitrogen and oxygen atoms in total. The molecular weight excluding hydrogens is 319 g/mol. The highest BCUT2D eigenvalue weighted by Gasteiger charge is 2.12. The van der Waals surface area contributed by atoms with Crippen LogP contribution in [-0.2, 0) is 6.42 Å². The average Bonchev–Trinajstić information content (AvgIpc) is 2.52. The van der Waals surface area contributed by atoms with Gasteiger partial charge in [-0.1, -0.05) is 60.5 Å². The van der Waals surface area contributed by atoms with Gasteiger partial charge in [0.05, 0.1) is 21.8 Å². The van der Waals surface area contributed by atoms with Crippen molar-refractivity contribution in [2.24, 2.45) is 0 Å². The van der Waals surface area contributed by atoms with Crippen molar-refractivity contribution in [1.29, 1.82) is 0 Å². The minimum atomic E-state index is -0.323. The SMILES string of the molecule is CCc1ccc(C(C)NC(=O)Nc2cccc(Cl)c2Cl)cc1. The van der Waals surface area contributed by atoms with Gasteiger partial charge in [0.25, 0.3) is 0 Å². The summed E-state index contributed by atoms with van der Waals surface area (Å²) in [6.07, 6.45) is 0.996. The summed E-state index contributed by atoms with van der Waals surface area (Å²) in [5.41, 5.74) is 2.80. The second-order valence-corrected chi connectivity index (χ2v) is 5.80. The smallest absolute Gasteiger partial charge is 0.319 e. The summed E-state index contributed by atoms with van der Waals surface area (Å²) in [7, 11) is 0. The van der Waals surface area contributed by atoms with Crippen LogP contribution < -0.4 is 10.6 Å². The molecule has 116 valence electrons. The van der Waals surface area contributed by atoms with E-state index in [2.05, 4.69) is 29.7 Å². The third kappa shape index (κ3) is 4.15. The van der Waals surface area contributed by atoms with Crippen LogP contribution in [0.1, 0.15) is 31.0 Å². The van der Waals surface area contributed by atoms with E-state index in [0.717, 1.165) is 12.0 Å². The molecule has 22 heavy (non-hydrogen) atoms. The number of hydrogen-bond acceptors (Lipinski definition) is 1. The molecule has 0 saturated carbocycles. The molecule has 1 unspecified atom stereocenters. The Balaban J connectivity index is 2.00. The van der Waals surface area contributed by atoms with Gasteiger partial charge in [0, 0.05) is 0 Å². The zero-order valence-corrected chi connectivity index (χ0v) is 14.0. The van der Waals surface area contributed by atoms with Crippen molar-refractivity contribution >= 4 is 34.9 Å². The van der Waals surface area contributed by atoms with Crippen molar-refractivity contribution in [2.75, 3.05) is 5.32 Å². The van der Waals surface area contributed by atoms with E-state index >= 15 is 0 Å². The first-order valence-corrected chi connectivity index (χ1v) is 7.87. The van der Waals surface area contributed by atoms with Crippen molar-refractivity contribution in [2.45, 2.75) is 26.3 Å². The standard InChI is InChI=1S/C17H18Cl2N2O/c1-3-12-7-9-13(10-8-12)11(2)20-17(22)21-15-6-4-5-14(18)16(15)19/h4-11H,3H2,1-2H3,(H2,20,21,22). The third-order valence-corrected chi connectivity index (χ3v) is 4.25. The highest BCUT2D eigenvalue weighted by molar-refractivity contribution is 6.43. The van der Waals surface area contributed by atoms with Crippen molar-refractivity contribution < 1.29 is 4.79 Å². The highest BCUT2D eigenvalue weighted by Crippen LogP contribution is 2.29. The van der Waals surface area contributed by atoms with Gasteiger partial charge in [-0.25, -0.2) is 4.79 Å². The van der Waals surface area contributed by atoms with E-state index < -0.39 is 0 Å². The molecule has 1 atom stereocenters. The predicted octanol–water partition coefficient (Wildman–Crippen LogP) is 5.44. The van der Waals surface area contributed by atoms with E-state index in [9.17, 15) is 4.79 Å². The van der Waals surface area contributed by atoms with Gasteiger partial charge in [-0.05, 0) is 36.6 Å². The van der Waals surface area contributed by atoms with Crippen molar-refractivity contribution in [3.05, 3.63) is 63.6 Å². The summed E-state index contributed by atoms with van der Waals surface area (Å²) in [4.78, 5) is 12.1. The molecule has 0 fully saturated rings. The van der Waals surface area contributed by atoms with E-state index in [1.807, 2.05) is 19.1 Å². The average molecular weight is 337 g/mol. The minimum Gasteiger partial charge on any atom is -0.331 e. The second-order valence-electron chi connectivity index (χ2n) is 5.02. The molecule has 0 aliphatic rings. The number of anilines is 1. The third-order valence-electron chi connectivity index (χ3n) is 3.44. The van der Waals surface area contributed by atoms with Gasteiger partial charge in [-0.15, -0.1) is 0 Å². The van der Waals surface area contributed by atoms with Crippen LogP contribution in [0.15, 0.2) is 42.5 Å². The van der Waals surface area contributed by atoms with Crippen LogP contribution in [0.4, 0.5) is 10.5 Å². The Kier molecular flexibility index (Phi) is 5.69.